The Morgan fingerprint density at radius 3 is 2.69 bits per heavy atom. The molecule has 0 bridgehead atoms. The highest BCUT2D eigenvalue weighted by molar-refractivity contribution is 7.91. The van der Waals surface area contributed by atoms with E-state index in [1.54, 1.807) is 0 Å². The number of hydrogen-bond donors (Lipinski definition) is 1. The largest absolute Gasteiger partial charge is 0.352 e. The van der Waals surface area contributed by atoms with Crippen LogP contribution in [0.1, 0.15) is 24.8 Å². The molecular formula is C17H22N4O3S2. The Morgan fingerprint density at radius 2 is 1.96 bits per heavy atom. The molecule has 0 radical (unpaired) electrons. The molecule has 26 heavy (non-hydrogen) atoms. The van der Waals surface area contributed by atoms with Crippen LogP contribution in [0.15, 0.2) is 18.2 Å². The van der Waals surface area contributed by atoms with Gasteiger partial charge in [-0.2, -0.15) is 8.75 Å². The summed E-state index contributed by atoms with van der Waals surface area (Å²) in [7, 11) is -2.86. The molecule has 0 unspecified atom stereocenters. The van der Waals surface area contributed by atoms with Crippen LogP contribution in [0.3, 0.4) is 0 Å². The smallest absolute Gasteiger partial charge is 0.223 e. The van der Waals surface area contributed by atoms with Crippen molar-refractivity contribution in [2.24, 2.45) is 5.92 Å². The predicted molar refractivity (Wildman–Crippen MR) is 101 cm³/mol. The van der Waals surface area contributed by atoms with E-state index in [0.29, 0.717) is 12.3 Å². The van der Waals surface area contributed by atoms with Crippen LogP contribution in [0.25, 0.3) is 11.0 Å². The first kappa shape index (κ1) is 17.8. The lowest BCUT2D eigenvalue weighted by Gasteiger charge is -2.34. The van der Waals surface area contributed by atoms with Gasteiger partial charge in [0.2, 0.25) is 5.91 Å². The molecule has 1 N–H and O–H groups in total. The molecule has 9 heteroatoms. The van der Waals surface area contributed by atoms with Gasteiger partial charge < -0.3 is 5.32 Å². The Kier molecular flexibility index (Phi) is 4.94. The Balaban J connectivity index is 1.27. The fraction of sp³-hybridized carbons (Fsp3) is 0.588. The van der Waals surface area contributed by atoms with Crippen molar-refractivity contribution in [3.63, 3.8) is 0 Å². The molecule has 0 aliphatic carbocycles. The van der Waals surface area contributed by atoms with E-state index in [1.165, 1.54) is 11.7 Å². The van der Waals surface area contributed by atoms with Crippen LogP contribution in [0, 0.1) is 5.92 Å². The third-order valence-corrected chi connectivity index (χ3v) is 7.72. The quantitative estimate of drug-likeness (QED) is 0.838. The molecule has 2 aromatic rings. The van der Waals surface area contributed by atoms with Gasteiger partial charge >= 0.3 is 0 Å². The predicted octanol–water partition coefficient (Wildman–Crippen LogP) is 1.21. The SMILES string of the molecule is O=C(NCc1ccc2nsnc2c1)C1CCN([C@H]2CCS(=O)(=O)C2)CC1. The standard InChI is InChI=1S/C17H22N4O3S2/c22-17(18-10-12-1-2-15-16(9-12)20-25-19-15)13-3-6-21(7-4-13)14-5-8-26(23,24)11-14/h1-2,9,13-14H,3-8,10-11H2,(H,18,22)/t14-/m0/s1. The maximum Gasteiger partial charge on any atom is 0.223 e. The van der Waals surface area contributed by atoms with Crippen LogP contribution >= 0.6 is 11.7 Å². The second-order valence-electron chi connectivity index (χ2n) is 7.17. The fourth-order valence-electron chi connectivity index (χ4n) is 3.86. The second kappa shape index (κ2) is 7.21. The van der Waals surface area contributed by atoms with Crippen LogP contribution < -0.4 is 5.32 Å². The molecule has 0 saturated carbocycles. The molecule has 3 heterocycles. The molecule has 140 valence electrons. The van der Waals surface area contributed by atoms with Crippen molar-refractivity contribution in [1.82, 2.24) is 19.0 Å². The number of carbonyl (C=O) groups excluding carboxylic acids is 1. The number of benzene rings is 1. The number of amides is 1. The van der Waals surface area contributed by atoms with Gasteiger partial charge in [-0.05, 0) is 50.0 Å². The summed E-state index contributed by atoms with van der Waals surface area (Å²) < 4.78 is 31.7. The molecule has 1 aromatic carbocycles. The summed E-state index contributed by atoms with van der Waals surface area (Å²) in [6.45, 7) is 2.09. The zero-order valence-electron chi connectivity index (χ0n) is 14.4. The summed E-state index contributed by atoms with van der Waals surface area (Å²) in [5, 5.41) is 3.02. The minimum Gasteiger partial charge on any atom is -0.352 e. The lowest BCUT2D eigenvalue weighted by atomic mass is 9.94. The van der Waals surface area contributed by atoms with E-state index in [9.17, 15) is 13.2 Å². The molecule has 7 nitrogen and oxygen atoms in total. The number of nitrogens with one attached hydrogen (secondary N) is 1. The van der Waals surface area contributed by atoms with Gasteiger partial charge in [-0.1, -0.05) is 6.07 Å². The summed E-state index contributed by atoms with van der Waals surface area (Å²) in [5.74, 6) is 0.670. The Bertz CT molecular complexity index is 904. The number of likely N-dealkylation sites (tertiary alicyclic amines) is 1. The highest BCUT2D eigenvalue weighted by Gasteiger charge is 2.35. The monoisotopic (exact) mass is 394 g/mol. The minimum absolute atomic E-state index is 0.00827. The summed E-state index contributed by atoms with van der Waals surface area (Å²) >= 11 is 1.19. The molecule has 1 amide bonds. The molecule has 2 saturated heterocycles. The zero-order valence-corrected chi connectivity index (χ0v) is 16.1. The zero-order chi connectivity index (χ0) is 18.1. The van der Waals surface area contributed by atoms with Crippen LogP contribution in [0.4, 0.5) is 0 Å². The molecule has 0 spiro atoms. The Morgan fingerprint density at radius 1 is 1.19 bits per heavy atom. The van der Waals surface area contributed by atoms with Crippen LogP contribution in [-0.2, 0) is 21.2 Å². The van der Waals surface area contributed by atoms with Gasteiger partial charge in [0.05, 0.1) is 23.2 Å². The van der Waals surface area contributed by atoms with E-state index in [1.807, 2.05) is 18.2 Å². The Hall–Kier alpha value is -1.58. The van der Waals surface area contributed by atoms with Crippen LogP contribution in [0.2, 0.25) is 0 Å². The molecule has 4 rings (SSSR count). The maximum atomic E-state index is 12.5. The number of fused-ring (bicyclic) bond motifs is 1. The lowest BCUT2D eigenvalue weighted by molar-refractivity contribution is -0.126. The van der Waals surface area contributed by atoms with E-state index in [2.05, 4.69) is 19.0 Å². The molecular weight excluding hydrogens is 372 g/mol. The van der Waals surface area contributed by atoms with Gasteiger partial charge in [-0.3, -0.25) is 9.69 Å². The summed E-state index contributed by atoms with van der Waals surface area (Å²) in [6, 6.07) is 5.99. The van der Waals surface area contributed by atoms with E-state index in [4.69, 9.17) is 0 Å². The highest BCUT2D eigenvalue weighted by atomic mass is 32.2. The number of hydrogen-bond acceptors (Lipinski definition) is 7. The van der Waals surface area contributed by atoms with Crippen molar-refractivity contribution in [1.29, 1.82) is 0 Å². The van der Waals surface area contributed by atoms with Gasteiger partial charge in [-0.15, -0.1) is 0 Å². The molecule has 2 fully saturated rings. The maximum absolute atomic E-state index is 12.5. The Labute approximate surface area is 157 Å². The van der Waals surface area contributed by atoms with Crippen molar-refractivity contribution in [2.75, 3.05) is 24.6 Å². The molecule has 1 aromatic heterocycles. The number of rotatable bonds is 4. The van der Waals surface area contributed by atoms with Crippen LogP contribution in [0.5, 0.6) is 0 Å². The molecule has 2 aliphatic rings. The highest BCUT2D eigenvalue weighted by Crippen LogP contribution is 2.24. The van der Waals surface area contributed by atoms with E-state index >= 15 is 0 Å². The minimum atomic E-state index is -2.86. The first-order valence-corrected chi connectivity index (χ1v) is 11.5. The van der Waals surface area contributed by atoms with Crippen LogP contribution in [-0.4, -0.2) is 58.6 Å². The third kappa shape index (κ3) is 3.89. The third-order valence-electron chi connectivity index (χ3n) is 5.41. The first-order chi connectivity index (χ1) is 12.5. The van der Waals surface area contributed by atoms with Crippen molar-refractivity contribution in [2.45, 2.75) is 31.8 Å². The lowest BCUT2D eigenvalue weighted by Crippen LogP contribution is -2.45. The van der Waals surface area contributed by atoms with Gasteiger partial charge in [0.15, 0.2) is 9.84 Å². The summed E-state index contributed by atoms with van der Waals surface area (Å²) in [5.41, 5.74) is 2.76. The first-order valence-electron chi connectivity index (χ1n) is 8.93. The summed E-state index contributed by atoms with van der Waals surface area (Å²) in [4.78, 5) is 14.7. The van der Waals surface area contributed by atoms with Gasteiger partial charge in [-0.25, -0.2) is 8.42 Å². The van der Waals surface area contributed by atoms with Crippen molar-refractivity contribution in [3.05, 3.63) is 23.8 Å². The van der Waals surface area contributed by atoms with Gasteiger partial charge in [0, 0.05) is 18.5 Å². The van der Waals surface area contributed by atoms with E-state index in [0.717, 1.165) is 48.9 Å². The average Bonchev–Trinajstić information content (AvgIpc) is 3.25. The number of nitrogens with zero attached hydrogens (tertiary/aromatic N) is 3. The van der Waals surface area contributed by atoms with Gasteiger partial charge in [0.25, 0.3) is 0 Å². The van der Waals surface area contributed by atoms with Crippen molar-refractivity contribution < 1.29 is 13.2 Å². The summed E-state index contributed by atoms with van der Waals surface area (Å²) in [6.07, 6.45) is 2.31. The van der Waals surface area contributed by atoms with Crippen molar-refractivity contribution >= 4 is 38.5 Å². The second-order valence-corrected chi connectivity index (χ2v) is 9.93. The van der Waals surface area contributed by atoms with Gasteiger partial charge in [0.1, 0.15) is 11.0 Å². The number of carbonyl (C=O) groups is 1. The number of piperidine rings is 1. The average molecular weight is 395 g/mol. The fourth-order valence-corrected chi connectivity index (χ4v) is 6.14. The molecule has 2 aliphatic heterocycles. The normalized spacial score (nSPS) is 24.1. The molecule has 1 atom stereocenters. The van der Waals surface area contributed by atoms with E-state index < -0.39 is 9.84 Å². The number of aromatic nitrogens is 2. The number of sulfone groups is 1. The van der Waals surface area contributed by atoms with E-state index in [-0.39, 0.29) is 23.6 Å². The van der Waals surface area contributed by atoms with Crippen molar-refractivity contribution in [3.8, 4) is 0 Å². The topological polar surface area (TPSA) is 92.3 Å².